The molecule has 0 unspecified atom stereocenters. The van der Waals surface area contributed by atoms with Gasteiger partial charge < -0.3 is 9.72 Å². The molecule has 2 rings (SSSR count). The van der Waals surface area contributed by atoms with Crippen molar-refractivity contribution in [1.82, 2.24) is 4.98 Å². The lowest BCUT2D eigenvalue weighted by Crippen LogP contribution is -2.15. The first-order valence-electron chi connectivity index (χ1n) is 4.95. The predicted octanol–water partition coefficient (Wildman–Crippen LogP) is 2.49. The zero-order valence-corrected chi connectivity index (χ0v) is 10.1. The van der Waals surface area contributed by atoms with Gasteiger partial charge in [-0.15, -0.1) is 0 Å². The summed E-state index contributed by atoms with van der Waals surface area (Å²) in [5, 5.41) is 1.28. The molecule has 17 heavy (non-hydrogen) atoms. The fourth-order valence-corrected chi connectivity index (χ4v) is 1.87. The Hall–Kier alpha value is -1.81. The highest BCUT2D eigenvalue weighted by atomic mass is 35.5. The average Bonchev–Trinajstić information content (AvgIpc) is 2.76. The standard InChI is InChI=1S/C12H10ClNO3/c1-6-9(13)4-3-7-8(5-14-10(6)7)11(15)12(16)17-2/h3-5,14H,1-2H3. The molecule has 1 aromatic heterocycles. The Morgan fingerprint density at radius 1 is 1.35 bits per heavy atom. The van der Waals surface area contributed by atoms with Crippen molar-refractivity contribution in [3.8, 4) is 0 Å². The molecule has 2 aromatic rings. The van der Waals surface area contributed by atoms with Gasteiger partial charge in [0.1, 0.15) is 0 Å². The number of aryl methyl sites for hydroxylation is 1. The molecule has 0 amide bonds. The van der Waals surface area contributed by atoms with E-state index >= 15 is 0 Å². The first kappa shape index (κ1) is 11.7. The van der Waals surface area contributed by atoms with Crippen LogP contribution in [0.15, 0.2) is 18.3 Å². The summed E-state index contributed by atoms with van der Waals surface area (Å²) in [5.74, 6) is -1.54. The summed E-state index contributed by atoms with van der Waals surface area (Å²) in [7, 11) is 1.18. The number of halogens is 1. The van der Waals surface area contributed by atoms with Gasteiger partial charge in [-0.2, -0.15) is 0 Å². The minimum absolute atomic E-state index is 0.298. The topological polar surface area (TPSA) is 59.2 Å². The maximum absolute atomic E-state index is 11.7. The number of esters is 1. The fourth-order valence-electron chi connectivity index (χ4n) is 1.71. The van der Waals surface area contributed by atoms with E-state index < -0.39 is 11.8 Å². The molecule has 0 saturated carbocycles. The summed E-state index contributed by atoms with van der Waals surface area (Å²) in [4.78, 5) is 25.9. The number of rotatable bonds is 2. The number of hydrogen-bond acceptors (Lipinski definition) is 3. The monoisotopic (exact) mass is 251 g/mol. The number of methoxy groups -OCH3 is 1. The van der Waals surface area contributed by atoms with Crippen LogP contribution in [0.4, 0.5) is 0 Å². The smallest absolute Gasteiger partial charge is 0.379 e. The number of carbonyl (C=O) groups is 2. The normalized spacial score (nSPS) is 10.5. The number of hydrogen-bond donors (Lipinski definition) is 1. The van der Waals surface area contributed by atoms with Gasteiger partial charge in [-0.1, -0.05) is 17.7 Å². The number of H-pyrrole nitrogens is 1. The van der Waals surface area contributed by atoms with Gasteiger partial charge in [0, 0.05) is 16.6 Å². The van der Waals surface area contributed by atoms with Crippen LogP contribution in [0.25, 0.3) is 10.9 Å². The van der Waals surface area contributed by atoms with Crippen LogP contribution in [0, 0.1) is 6.92 Å². The van der Waals surface area contributed by atoms with Crippen LogP contribution in [0.1, 0.15) is 15.9 Å². The molecule has 0 aliphatic heterocycles. The number of fused-ring (bicyclic) bond motifs is 1. The Bertz CT molecular complexity index is 615. The van der Waals surface area contributed by atoms with Crippen molar-refractivity contribution in [2.45, 2.75) is 6.92 Å². The molecule has 1 heterocycles. The highest BCUT2D eigenvalue weighted by molar-refractivity contribution is 6.43. The largest absolute Gasteiger partial charge is 0.463 e. The van der Waals surface area contributed by atoms with Crippen LogP contribution in [-0.4, -0.2) is 23.8 Å². The number of benzene rings is 1. The van der Waals surface area contributed by atoms with Gasteiger partial charge >= 0.3 is 5.97 Å². The zero-order valence-electron chi connectivity index (χ0n) is 9.33. The summed E-state index contributed by atoms with van der Waals surface area (Å²) in [6, 6.07) is 3.40. The van der Waals surface area contributed by atoms with Crippen molar-refractivity contribution >= 4 is 34.3 Å². The summed E-state index contributed by atoms with van der Waals surface area (Å²) < 4.78 is 4.41. The Morgan fingerprint density at radius 2 is 2.06 bits per heavy atom. The third-order valence-corrected chi connectivity index (χ3v) is 3.07. The second-order valence-electron chi connectivity index (χ2n) is 3.62. The molecule has 0 atom stereocenters. The third kappa shape index (κ3) is 1.80. The summed E-state index contributed by atoms with van der Waals surface area (Å²) in [5.41, 5.74) is 1.89. The number of ketones is 1. The van der Waals surface area contributed by atoms with Gasteiger partial charge in [0.2, 0.25) is 0 Å². The van der Waals surface area contributed by atoms with E-state index in [4.69, 9.17) is 11.6 Å². The number of carbonyl (C=O) groups excluding carboxylic acids is 2. The van der Waals surface area contributed by atoms with E-state index in [-0.39, 0.29) is 0 Å². The summed E-state index contributed by atoms with van der Waals surface area (Å²) in [6.45, 7) is 1.84. The highest BCUT2D eigenvalue weighted by Crippen LogP contribution is 2.27. The fraction of sp³-hybridized carbons (Fsp3) is 0.167. The molecule has 0 fully saturated rings. The molecule has 0 bridgehead atoms. The van der Waals surface area contributed by atoms with Gasteiger partial charge in [-0.25, -0.2) is 4.79 Å². The van der Waals surface area contributed by atoms with Crippen LogP contribution in [-0.2, 0) is 9.53 Å². The second-order valence-corrected chi connectivity index (χ2v) is 4.03. The molecule has 1 aromatic carbocycles. The minimum atomic E-state index is -0.876. The van der Waals surface area contributed by atoms with Crippen molar-refractivity contribution in [1.29, 1.82) is 0 Å². The number of Topliss-reactive ketones (excluding diaryl/α,β-unsaturated/α-hetero) is 1. The van der Waals surface area contributed by atoms with E-state index in [1.54, 1.807) is 12.1 Å². The lowest BCUT2D eigenvalue weighted by Gasteiger charge is -2.00. The Labute approximate surface area is 103 Å². The van der Waals surface area contributed by atoms with Crippen molar-refractivity contribution in [3.63, 3.8) is 0 Å². The Balaban J connectivity index is 2.62. The average molecular weight is 252 g/mol. The SMILES string of the molecule is COC(=O)C(=O)c1c[nH]c2c(C)c(Cl)ccc12. The molecule has 0 aliphatic carbocycles. The van der Waals surface area contributed by atoms with Crippen LogP contribution in [0.5, 0.6) is 0 Å². The number of nitrogens with one attached hydrogen (secondary N) is 1. The van der Waals surface area contributed by atoms with Crippen LogP contribution in [0.2, 0.25) is 5.02 Å². The molecular formula is C12H10ClNO3. The lowest BCUT2D eigenvalue weighted by atomic mass is 10.1. The van der Waals surface area contributed by atoms with Gasteiger partial charge in [-0.05, 0) is 18.6 Å². The molecule has 5 heteroatoms. The molecule has 1 N–H and O–H groups in total. The van der Waals surface area contributed by atoms with E-state index in [1.807, 2.05) is 6.92 Å². The molecule has 0 saturated heterocycles. The highest BCUT2D eigenvalue weighted by Gasteiger charge is 2.21. The molecule has 0 aliphatic rings. The maximum atomic E-state index is 11.7. The number of ether oxygens (including phenoxy) is 1. The van der Waals surface area contributed by atoms with Gasteiger partial charge in [-0.3, -0.25) is 4.79 Å². The number of aromatic amines is 1. The van der Waals surface area contributed by atoms with E-state index in [0.717, 1.165) is 11.1 Å². The quantitative estimate of drug-likeness (QED) is 0.507. The van der Waals surface area contributed by atoms with E-state index in [9.17, 15) is 9.59 Å². The lowest BCUT2D eigenvalue weighted by molar-refractivity contribution is -0.135. The summed E-state index contributed by atoms with van der Waals surface area (Å²) >= 11 is 5.97. The molecule has 0 radical (unpaired) electrons. The van der Waals surface area contributed by atoms with Crippen molar-refractivity contribution < 1.29 is 14.3 Å². The van der Waals surface area contributed by atoms with E-state index in [0.29, 0.717) is 16.0 Å². The minimum Gasteiger partial charge on any atom is -0.463 e. The van der Waals surface area contributed by atoms with Crippen molar-refractivity contribution in [3.05, 3.63) is 34.5 Å². The van der Waals surface area contributed by atoms with Gasteiger partial charge in [0.15, 0.2) is 0 Å². The second kappa shape index (κ2) is 4.22. The van der Waals surface area contributed by atoms with Gasteiger partial charge in [0.25, 0.3) is 5.78 Å². The summed E-state index contributed by atoms with van der Waals surface area (Å²) in [6.07, 6.45) is 1.49. The van der Waals surface area contributed by atoms with E-state index in [2.05, 4.69) is 9.72 Å². The molecule has 88 valence electrons. The Kier molecular flexibility index (Phi) is 2.90. The third-order valence-electron chi connectivity index (χ3n) is 2.67. The zero-order chi connectivity index (χ0) is 12.6. The van der Waals surface area contributed by atoms with Crippen LogP contribution < -0.4 is 0 Å². The van der Waals surface area contributed by atoms with E-state index in [1.165, 1.54) is 13.3 Å². The number of aromatic nitrogens is 1. The molecule has 4 nitrogen and oxygen atoms in total. The first-order valence-corrected chi connectivity index (χ1v) is 5.33. The maximum Gasteiger partial charge on any atom is 0.379 e. The predicted molar refractivity (Wildman–Crippen MR) is 64.4 cm³/mol. The van der Waals surface area contributed by atoms with Gasteiger partial charge in [0.05, 0.1) is 18.2 Å². The van der Waals surface area contributed by atoms with Crippen LogP contribution >= 0.6 is 11.6 Å². The van der Waals surface area contributed by atoms with Crippen LogP contribution in [0.3, 0.4) is 0 Å². The first-order chi connectivity index (χ1) is 8.06. The Morgan fingerprint density at radius 3 is 2.71 bits per heavy atom. The molecule has 0 spiro atoms. The van der Waals surface area contributed by atoms with Crippen molar-refractivity contribution in [2.75, 3.05) is 7.11 Å². The van der Waals surface area contributed by atoms with Crippen molar-refractivity contribution in [2.24, 2.45) is 0 Å². The molecular weight excluding hydrogens is 242 g/mol.